The minimum Gasteiger partial charge on any atom is -0.460 e. The van der Waals surface area contributed by atoms with Crippen molar-refractivity contribution in [1.29, 1.82) is 0 Å². The molecule has 4 N–H and O–H groups in total. The first-order valence-corrected chi connectivity index (χ1v) is 30.3. The molecule has 88 heavy (non-hydrogen) atoms. The highest BCUT2D eigenvalue weighted by Crippen LogP contribution is 2.44. The van der Waals surface area contributed by atoms with Crippen LogP contribution in [0.25, 0.3) is 11.1 Å². The lowest BCUT2D eigenvalue weighted by atomic mass is 9.98. The van der Waals surface area contributed by atoms with Gasteiger partial charge in [-0.1, -0.05) is 48.5 Å². The third kappa shape index (κ3) is 25.1. The Morgan fingerprint density at radius 3 is 1.43 bits per heavy atom. The molecule has 5 rings (SSSR count). The molecular weight excluding hydrogens is 1130 g/mol. The van der Waals surface area contributed by atoms with E-state index in [1.165, 1.54) is 0 Å². The van der Waals surface area contributed by atoms with Gasteiger partial charge in [0, 0.05) is 43.7 Å². The molecule has 2 heterocycles. The van der Waals surface area contributed by atoms with Crippen LogP contribution in [-0.2, 0) is 83.4 Å². The fourth-order valence-corrected chi connectivity index (χ4v) is 9.71. The predicted octanol–water partition coefficient (Wildman–Crippen LogP) is 8.97. The molecule has 484 valence electrons. The largest absolute Gasteiger partial charge is 0.460 e. The lowest BCUT2D eigenvalue weighted by Gasteiger charge is -2.27. The van der Waals surface area contributed by atoms with Gasteiger partial charge in [0.25, 0.3) is 0 Å². The van der Waals surface area contributed by atoms with Crippen molar-refractivity contribution in [2.75, 3.05) is 19.7 Å². The molecule has 0 saturated carbocycles. The van der Waals surface area contributed by atoms with E-state index < -0.39 is 94.0 Å². The number of aromatic nitrogens is 4. The molecule has 4 aromatic rings. The number of nitrogens with one attached hydrogen (secondary N) is 4. The van der Waals surface area contributed by atoms with E-state index >= 15 is 0 Å². The van der Waals surface area contributed by atoms with E-state index in [1.54, 1.807) is 138 Å². The molecule has 23 heteroatoms. The Hall–Kier alpha value is -7.82. The van der Waals surface area contributed by atoms with Crippen LogP contribution in [0, 0.1) is 0 Å². The summed E-state index contributed by atoms with van der Waals surface area (Å²) >= 11 is 0. The van der Waals surface area contributed by atoms with E-state index in [-0.39, 0.29) is 70.9 Å². The second-order valence-corrected chi connectivity index (χ2v) is 27.0. The van der Waals surface area contributed by atoms with Crippen LogP contribution in [0.2, 0.25) is 0 Å². The molecule has 2 aromatic heterocycles. The van der Waals surface area contributed by atoms with Crippen molar-refractivity contribution in [3.63, 3.8) is 0 Å². The van der Waals surface area contributed by atoms with Gasteiger partial charge >= 0.3 is 42.0 Å². The first-order valence-electron chi connectivity index (χ1n) is 30.3. The first-order chi connectivity index (χ1) is 41.0. The van der Waals surface area contributed by atoms with Crippen LogP contribution in [0.1, 0.15) is 184 Å². The zero-order chi connectivity index (χ0) is 65.2. The molecule has 1 aliphatic carbocycles. The van der Waals surface area contributed by atoms with Crippen LogP contribution in [-0.4, -0.2) is 138 Å². The summed E-state index contributed by atoms with van der Waals surface area (Å²) < 4.78 is 37.2. The monoisotopic (exact) mass is 1230 g/mol. The number of unbranched alkanes of at least 4 members (excludes halogenated alkanes) is 2. The van der Waals surface area contributed by atoms with Gasteiger partial charge in [0.05, 0.1) is 13.1 Å². The lowest BCUT2D eigenvalue weighted by Crippen LogP contribution is -2.53. The molecule has 0 unspecified atom stereocenters. The highest BCUT2D eigenvalue weighted by molar-refractivity contribution is 5.88. The van der Waals surface area contributed by atoms with Crippen LogP contribution in [0.15, 0.2) is 73.3 Å². The summed E-state index contributed by atoms with van der Waals surface area (Å²) in [6.45, 7) is 27.0. The molecular formula is C65H95N9O14. The normalized spacial score (nSPS) is 13.7. The molecule has 0 fully saturated rings. The number of esters is 5. The highest BCUT2D eigenvalue weighted by atomic mass is 16.6. The number of hydrogen-bond donors (Lipinski definition) is 4. The van der Waals surface area contributed by atoms with Gasteiger partial charge in [0.15, 0.2) is 0 Å². The van der Waals surface area contributed by atoms with Crippen LogP contribution in [0.5, 0.6) is 0 Å². The number of carbonyl (C=O) groups is 8. The number of urea groups is 1. The number of carbonyl (C=O) groups excluding carboxylic acids is 8. The van der Waals surface area contributed by atoms with E-state index in [1.807, 2.05) is 48.5 Å². The Labute approximate surface area is 518 Å². The van der Waals surface area contributed by atoms with Crippen LogP contribution < -0.4 is 21.3 Å². The molecule has 0 spiro atoms. The van der Waals surface area contributed by atoms with E-state index in [4.69, 9.17) is 28.4 Å². The minimum atomic E-state index is -1.27. The molecule has 23 nitrogen and oxygen atoms in total. The molecule has 0 bridgehead atoms. The Morgan fingerprint density at radius 2 is 0.955 bits per heavy atom. The second-order valence-electron chi connectivity index (χ2n) is 27.0. The van der Waals surface area contributed by atoms with E-state index in [9.17, 15) is 38.4 Å². The Bertz CT molecular complexity index is 2890. The van der Waals surface area contributed by atoms with Gasteiger partial charge in [0.1, 0.15) is 77.5 Å². The smallest absolute Gasteiger partial charge is 0.407 e. The van der Waals surface area contributed by atoms with Gasteiger partial charge in [-0.2, -0.15) is 0 Å². The van der Waals surface area contributed by atoms with Crippen molar-refractivity contribution >= 4 is 47.9 Å². The molecule has 1 aliphatic rings. The SMILES string of the molecule is CC(C)(C)OC(=O)CC[C@H](NC(=O)N[C@@H](CCCCNC(=O)[C@H](CCCCN(Cc1nccn1CC(=O)OC(C)(C)C)Cc1nccn1CC(=O)OC(C)(C)C)NC(=O)OCC1c2ccccc2-c2ccccc21)C(=O)OC(C)(C)C)C(=O)OC(C)(C)C. The van der Waals surface area contributed by atoms with Gasteiger partial charge in [-0.3, -0.25) is 24.1 Å². The Kier molecular flexibility index (Phi) is 25.3. The number of hydrogen-bond acceptors (Lipinski definition) is 17. The zero-order valence-corrected chi connectivity index (χ0v) is 54.3. The predicted molar refractivity (Wildman–Crippen MR) is 329 cm³/mol. The summed E-state index contributed by atoms with van der Waals surface area (Å²) in [5, 5.41) is 11.0. The topological polar surface area (TPSA) is 279 Å². The second kappa shape index (κ2) is 31.4. The van der Waals surface area contributed by atoms with Crippen molar-refractivity contribution in [2.24, 2.45) is 0 Å². The minimum absolute atomic E-state index is 0.0230. The number of rotatable bonds is 29. The molecule has 0 saturated heterocycles. The van der Waals surface area contributed by atoms with Crippen molar-refractivity contribution in [3.8, 4) is 11.1 Å². The number of fused-ring (bicyclic) bond motifs is 3. The van der Waals surface area contributed by atoms with Crippen molar-refractivity contribution in [1.82, 2.24) is 45.3 Å². The van der Waals surface area contributed by atoms with Gasteiger partial charge in [0.2, 0.25) is 5.91 Å². The molecule has 2 aromatic carbocycles. The van der Waals surface area contributed by atoms with Gasteiger partial charge < -0.3 is 58.8 Å². The van der Waals surface area contributed by atoms with E-state index in [0.29, 0.717) is 43.9 Å². The summed E-state index contributed by atoms with van der Waals surface area (Å²) in [5.41, 5.74) is 0.197. The van der Waals surface area contributed by atoms with Crippen LogP contribution >= 0.6 is 0 Å². The third-order valence-corrected chi connectivity index (χ3v) is 13.2. The summed E-state index contributed by atoms with van der Waals surface area (Å²) in [6.07, 6.45) is 7.40. The molecule has 4 amide bonds. The standard InChI is InChI=1S/C65H95N9O14/c1-61(2,3)84-53(75)31-30-50(58(80)88-65(13,14)15)70-59(81)69-49(57(79)87-64(10,11)12)29-20-22-32-68-56(78)48(71-60(82)83-42-47-45-26-18-16-24-43(45)44-25-17-19-27-46(44)47)28-21-23-35-72(38-51-66-33-36-73(51)40-54(76)85-62(4,5)6)39-52-67-34-37-74(52)41-55(77)86-63(7,8)9/h16-19,24-27,33-34,36-37,47-50H,20-23,28-32,35,38-42H2,1-15H3,(H,68,78)(H,71,82)(H2,69,70,81)/t48-,49-,50-/m0/s1. The average Bonchev–Trinajstić information content (AvgIpc) is 3.11. The fourth-order valence-electron chi connectivity index (χ4n) is 9.71. The first kappa shape index (κ1) is 70.9. The third-order valence-electron chi connectivity index (χ3n) is 13.2. The average molecular weight is 1230 g/mol. The quantitative estimate of drug-likeness (QED) is 0.0224. The summed E-state index contributed by atoms with van der Waals surface area (Å²) in [7, 11) is 0. The maximum atomic E-state index is 14.3. The number of imidazole rings is 2. The number of benzene rings is 2. The number of nitrogens with zero attached hydrogens (tertiary/aromatic N) is 5. The highest BCUT2D eigenvalue weighted by Gasteiger charge is 2.34. The Morgan fingerprint density at radius 1 is 0.523 bits per heavy atom. The number of alkyl carbamates (subject to hydrolysis) is 1. The van der Waals surface area contributed by atoms with Gasteiger partial charge in [-0.15, -0.1) is 0 Å². The maximum Gasteiger partial charge on any atom is 0.407 e. The van der Waals surface area contributed by atoms with Gasteiger partial charge in [-0.25, -0.2) is 29.1 Å². The summed E-state index contributed by atoms with van der Waals surface area (Å²) in [6, 6.07) is 11.6. The molecule has 3 atom stereocenters. The van der Waals surface area contributed by atoms with E-state index in [2.05, 4.69) is 36.1 Å². The maximum absolute atomic E-state index is 14.3. The van der Waals surface area contributed by atoms with E-state index in [0.717, 1.165) is 22.3 Å². The van der Waals surface area contributed by atoms with Crippen molar-refractivity contribution in [3.05, 3.63) is 96.1 Å². The summed E-state index contributed by atoms with van der Waals surface area (Å²) in [5.74, 6) is -2.46. The molecule has 0 radical (unpaired) electrons. The number of amides is 4. The lowest BCUT2D eigenvalue weighted by molar-refractivity contribution is -0.159. The fraction of sp³-hybridized carbons (Fsp3) is 0.600. The Balaban J connectivity index is 1.29. The zero-order valence-electron chi connectivity index (χ0n) is 54.3. The summed E-state index contributed by atoms with van der Waals surface area (Å²) in [4.78, 5) is 118. The van der Waals surface area contributed by atoms with Crippen LogP contribution in [0.4, 0.5) is 9.59 Å². The van der Waals surface area contributed by atoms with Crippen molar-refractivity contribution in [2.45, 2.75) is 233 Å². The van der Waals surface area contributed by atoms with Crippen molar-refractivity contribution < 1.29 is 66.8 Å². The molecule has 0 aliphatic heterocycles. The van der Waals surface area contributed by atoms with Gasteiger partial charge in [-0.05, 0) is 178 Å². The van der Waals surface area contributed by atoms with Crippen LogP contribution in [0.3, 0.4) is 0 Å². The number of ether oxygens (including phenoxy) is 6.